The Morgan fingerprint density at radius 1 is 1.50 bits per heavy atom. The second kappa shape index (κ2) is 7.94. The molecule has 0 fully saturated rings. The third-order valence-electron chi connectivity index (χ3n) is 0.636. The van der Waals surface area contributed by atoms with E-state index in [1.807, 2.05) is 0 Å². The largest absolute Gasteiger partial charge is 0.469 e. The lowest BCUT2D eigenvalue weighted by Crippen LogP contribution is -2.06. The standard InChI is InChI=1S/C3H7NO.C3H6O2/c1-2-3(4)5;1-3(4)5-2/h2H2,1H3,(H2,4,5);1-2H3. The molecule has 0 saturated heterocycles. The van der Waals surface area contributed by atoms with Crippen LogP contribution in [-0.4, -0.2) is 19.0 Å². The molecule has 0 atom stereocenters. The maximum Gasteiger partial charge on any atom is 0.302 e. The summed E-state index contributed by atoms with van der Waals surface area (Å²) in [6, 6.07) is 0. The Morgan fingerprint density at radius 2 is 1.70 bits per heavy atom. The number of carbonyl (C=O) groups is 2. The van der Waals surface area contributed by atoms with E-state index < -0.39 is 0 Å². The molecular weight excluding hydrogens is 134 g/mol. The first kappa shape index (κ1) is 11.7. The third kappa shape index (κ3) is 28.3. The minimum atomic E-state index is -0.245. The number of hydrogen-bond donors (Lipinski definition) is 1. The van der Waals surface area contributed by atoms with E-state index in [2.05, 4.69) is 10.5 Å². The zero-order valence-electron chi connectivity index (χ0n) is 6.51. The molecule has 60 valence electrons. The van der Waals surface area contributed by atoms with Crippen molar-refractivity contribution in [1.82, 2.24) is 0 Å². The molecule has 0 aliphatic heterocycles. The molecule has 0 aromatic rings. The van der Waals surface area contributed by atoms with Crippen LogP contribution in [0.15, 0.2) is 0 Å². The van der Waals surface area contributed by atoms with Crippen molar-refractivity contribution in [2.75, 3.05) is 7.11 Å². The molecule has 0 heterocycles. The van der Waals surface area contributed by atoms with E-state index in [-0.39, 0.29) is 11.9 Å². The maximum absolute atomic E-state index is 9.59. The van der Waals surface area contributed by atoms with Crippen LogP contribution in [0, 0.1) is 0 Å². The van der Waals surface area contributed by atoms with E-state index >= 15 is 0 Å². The number of amides is 1. The Morgan fingerprint density at radius 3 is 1.70 bits per heavy atom. The monoisotopic (exact) mass is 147 g/mol. The zero-order valence-corrected chi connectivity index (χ0v) is 6.51. The van der Waals surface area contributed by atoms with Gasteiger partial charge in [-0.05, 0) is 0 Å². The van der Waals surface area contributed by atoms with E-state index in [0.717, 1.165) is 0 Å². The van der Waals surface area contributed by atoms with Gasteiger partial charge in [0.05, 0.1) is 7.11 Å². The van der Waals surface area contributed by atoms with Gasteiger partial charge in [0, 0.05) is 13.3 Å². The highest BCUT2D eigenvalue weighted by Crippen LogP contribution is 1.63. The van der Waals surface area contributed by atoms with Crippen LogP contribution >= 0.6 is 0 Å². The van der Waals surface area contributed by atoms with E-state index in [0.29, 0.717) is 6.42 Å². The van der Waals surface area contributed by atoms with Crippen LogP contribution in [0.25, 0.3) is 0 Å². The van der Waals surface area contributed by atoms with Gasteiger partial charge < -0.3 is 10.5 Å². The average molecular weight is 147 g/mol. The minimum Gasteiger partial charge on any atom is -0.469 e. The molecule has 10 heavy (non-hydrogen) atoms. The Kier molecular flexibility index (Phi) is 9.29. The number of hydrogen-bond acceptors (Lipinski definition) is 3. The SMILES string of the molecule is CCC(N)=O.COC(C)=O. The molecule has 0 unspecified atom stereocenters. The van der Waals surface area contributed by atoms with Crippen LogP contribution in [0.3, 0.4) is 0 Å². The van der Waals surface area contributed by atoms with Crippen molar-refractivity contribution in [2.45, 2.75) is 20.3 Å². The molecule has 0 aliphatic carbocycles. The second-order valence-corrected chi connectivity index (χ2v) is 1.52. The molecule has 0 aromatic carbocycles. The molecule has 4 nitrogen and oxygen atoms in total. The van der Waals surface area contributed by atoms with Crippen molar-refractivity contribution in [3.05, 3.63) is 0 Å². The molecule has 0 radical (unpaired) electrons. The summed E-state index contributed by atoms with van der Waals surface area (Å²) in [5, 5.41) is 0. The number of nitrogens with two attached hydrogens (primary N) is 1. The van der Waals surface area contributed by atoms with Crippen LogP contribution in [0.1, 0.15) is 20.3 Å². The van der Waals surface area contributed by atoms with Gasteiger partial charge in [-0.3, -0.25) is 9.59 Å². The topological polar surface area (TPSA) is 69.4 Å². The highest BCUT2D eigenvalue weighted by Gasteiger charge is 1.77. The lowest BCUT2D eigenvalue weighted by Gasteiger charge is -1.80. The minimum absolute atomic E-state index is 0.245. The smallest absolute Gasteiger partial charge is 0.302 e. The van der Waals surface area contributed by atoms with Gasteiger partial charge in [0.25, 0.3) is 0 Å². The van der Waals surface area contributed by atoms with Crippen molar-refractivity contribution in [3.63, 3.8) is 0 Å². The predicted molar refractivity (Wildman–Crippen MR) is 37.2 cm³/mol. The summed E-state index contributed by atoms with van der Waals surface area (Å²) < 4.78 is 4.11. The number of primary amides is 1. The fourth-order valence-electron chi connectivity index (χ4n) is 0. The first-order chi connectivity index (χ1) is 4.54. The number of carbonyl (C=O) groups excluding carboxylic acids is 2. The van der Waals surface area contributed by atoms with E-state index in [9.17, 15) is 9.59 Å². The normalized spacial score (nSPS) is 7.10. The molecule has 0 spiro atoms. The molecule has 0 rings (SSSR count). The highest BCUT2D eigenvalue weighted by molar-refractivity contribution is 5.73. The molecule has 2 N–H and O–H groups in total. The fourth-order valence-corrected chi connectivity index (χ4v) is 0. The lowest BCUT2D eigenvalue weighted by molar-refractivity contribution is -0.137. The maximum atomic E-state index is 9.59. The van der Waals surface area contributed by atoms with Crippen molar-refractivity contribution >= 4 is 11.9 Å². The second-order valence-electron chi connectivity index (χ2n) is 1.52. The predicted octanol–water partition coefficient (Wildman–Crippen LogP) is 0.0610. The summed E-state index contributed by atoms with van der Waals surface area (Å²) in [5.74, 6) is -0.491. The summed E-state index contributed by atoms with van der Waals surface area (Å²) >= 11 is 0. The summed E-state index contributed by atoms with van der Waals surface area (Å²) in [4.78, 5) is 19.2. The van der Waals surface area contributed by atoms with Gasteiger partial charge in [0.2, 0.25) is 5.91 Å². The first-order valence-electron chi connectivity index (χ1n) is 2.87. The van der Waals surface area contributed by atoms with E-state index in [4.69, 9.17) is 0 Å². The Bertz CT molecular complexity index is 97.6. The Hall–Kier alpha value is -1.06. The third-order valence-corrected chi connectivity index (χ3v) is 0.636. The van der Waals surface area contributed by atoms with Crippen molar-refractivity contribution in [2.24, 2.45) is 5.73 Å². The van der Waals surface area contributed by atoms with Crippen molar-refractivity contribution < 1.29 is 14.3 Å². The number of ether oxygens (including phenoxy) is 1. The first-order valence-corrected chi connectivity index (χ1v) is 2.87. The molecule has 0 aliphatic rings. The van der Waals surface area contributed by atoms with E-state index in [1.54, 1.807) is 6.92 Å². The van der Waals surface area contributed by atoms with Gasteiger partial charge in [0.15, 0.2) is 0 Å². The van der Waals surface area contributed by atoms with Crippen molar-refractivity contribution in [1.29, 1.82) is 0 Å². The van der Waals surface area contributed by atoms with Crippen LogP contribution < -0.4 is 5.73 Å². The molecule has 4 heteroatoms. The van der Waals surface area contributed by atoms with Crippen LogP contribution in [0.2, 0.25) is 0 Å². The summed E-state index contributed by atoms with van der Waals surface area (Å²) in [7, 11) is 1.35. The fraction of sp³-hybridized carbons (Fsp3) is 0.667. The molecule has 0 bridgehead atoms. The molecule has 0 saturated carbocycles. The summed E-state index contributed by atoms with van der Waals surface area (Å²) in [6.07, 6.45) is 0.444. The Labute approximate surface area is 60.3 Å². The van der Waals surface area contributed by atoms with Gasteiger partial charge in [-0.25, -0.2) is 0 Å². The molecule has 1 amide bonds. The van der Waals surface area contributed by atoms with Gasteiger partial charge in [0.1, 0.15) is 0 Å². The van der Waals surface area contributed by atoms with E-state index in [1.165, 1.54) is 14.0 Å². The Balaban J connectivity index is 0. The van der Waals surface area contributed by atoms with Crippen LogP contribution in [-0.2, 0) is 14.3 Å². The number of methoxy groups -OCH3 is 1. The van der Waals surface area contributed by atoms with Crippen molar-refractivity contribution in [3.8, 4) is 0 Å². The summed E-state index contributed by atoms with van der Waals surface area (Å²) in [6.45, 7) is 3.09. The van der Waals surface area contributed by atoms with Crippen LogP contribution in [0.4, 0.5) is 0 Å². The lowest BCUT2D eigenvalue weighted by atomic mass is 10.5. The van der Waals surface area contributed by atoms with Crippen LogP contribution in [0.5, 0.6) is 0 Å². The zero-order chi connectivity index (χ0) is 8.57. The molecule has 0 aromatic heterocycles. The van der Waals surface area contributed by atoms with Gasteiger partial charge in [-0.1, -0.05) is 6.92 Å². The van der Waals surface area contributed by atoms with Gasteiger partial charge in [-0.15, -0.1) is 0 Å². The quantitative estimate of drug-likeness (QED) is 0.533. The van der Waals surface area contributed by atoms with Gasteiger partial charge >= 0.3 is 5.97 Å². The number of rotatable bonds is 1. The van der Waals surface area contributed by atoms with Gasteiger partial charge in [-0.2, -0.15) is 0 Å². The highest BCUT2D eigenvalue weighted by atomic mass is 16.5. The average Bonchev–Trinajstić information content (AvgIpc) is 1.89. The number of esters is 1. The molecular formula is C6H13NO3. The summed E-state index contributed by atoms with van der Waals surface area (Å²) in [5.41, 5.74) is 4.65.